The largest absolute Gasteiger partial charge is 1.00 e. The molecule has 0 aliphatic heterocycles. The summed E-state index contributed by atoms with van der Waals surface area (Å²) in [5.41, 5.74) is 3.31. The van der Waals surface area contributed by atoms with E-state index >= 15 is 0 Å². The summed E-state index contributed by atoms with van der Waals surface area (Å²) in [7, 11) is -1.93. The van der Waals surface area contributed by atoms with Crippen LogP contribution in [0.3, 0.4) is 0 Å². The van der Waals surface area contributed by atoms with E-state index in [4.69, 9.17) is 4.42 Å². The Kier molecular flexibility index (Phi) is 7.98. The Morgan fingerprint density at radius 2 is 0.947 bits per heavy atom. The average Bonchev–Trinajstić information content (AvgIpc) is 3.49. The quantitative estimate of drug-likeness (QED) is 0.262. The third-order valence-corrected chi connectivity index (χ3v) is 11.2. The van der Waals surface area contributed by atoms with E-state index in [1.807, 2.05) is 36.5 Å². The van der Waals surface area contributed by atoms with Gasteiger partial charge in [-0.2, -0.15) is 0 Å². The van der Waals surface area contributed by atoms with Crippen LogP contribution in [0.5, 0.6) is 0 Å². The van der Waals surface area contributed by atoms with E-state index in [1.165, 1.54) is 21.5 Å². The van der Waals surface area contributed by atoms with Crippen LogP contribution >= 0.6 is 7.26 Å². The van der Waals surface area contributed by atoms with Crippen LogP contribution in [-0.2, 0) is 6.16 Å². The minimum Gasteiger partial charge on any atom is -1.00 e. The van der Waals surface area contributed by atoms with Gasteiger partial charge in [0.05, 0.1) is 12.4 Å². The zero-order valence-electron chi connectivity index (χ0n) is 20.8. The molecule has 186 valence electrons. The maximum Gasteiger partial charge on any atom is 0.226 e. The van der Waals surface area contributed by atoms with Crippen LogP contribution in [0, 0.1) is 0 Å². The summed E-state index contributed by atoms with van der Waals surface area (Å²) in [4.78, 5) is 4.50. The van der Waals surface area contributed by atoms with Crippen molar-refractivity contribution in [1.82, 2.24) is 4.98 Å². The van der Waals surface area contributed by atoms with E-state index in [0.717, 1.165) is 23.0 Å². The van der Waals surface area contributed by atoms with Crippen LogP contribution in [0.1, 0.15) is 5.56 Å². The molecule has 4 heteroatoms. The van der Waals surface area contributed by atoms with Crippen molar-refractivity contribution >= 4 is 23.2 Å². The third-order valence-electron chi connectivity index (χ3n) is 6.78. The van der Waals surface area contributed by atoms with E-state index in [1.54, 1.807) is 0 Å². The molecule has 0 saturated heterocycles. The van der Waals surface area contributed by atoms with Crippen molar-refractivity contribution in [2.45, 2.75) is 6.16 Å². The summed E-state index contributed by atoms with van der Waals surface area (Å²) >= 11 is 0. The van der Waals surface area contributed by atoms with E-state index in [-0.39, 0.29) is 17.0 Å². The van der Waals surface area contributed by atoms with Crippen LogP contribution in [-0.4, -0.2) is 4.98 Å². The number of hydrogen-bond acceptors (Lipinski definition) is 2. The van der Waals surface area contributed by atoms with Crippen molar-refractivity contribution in [3.05, 3.63) is 157 Å². The number of hydrogen-bond donors (Lipinski definition) is 0. The lowest BCUT2D eigenvalue weighted by Crippen LogP contribution is -3.00. The predicted molar refractivity (Wildman–Crippen MR) is 156 cm³/mol. The first-order valence-corrected chi connectivity index (χ1v) is 14.5. The molecule has 5 aromatic carbocycles. The first-order valence-electron chi connectivity index (χ1n) is 12.5. The number of benzene rings is 5. The van der Waals surface area contributed by atoms with Gasteiger partial charge in [0.2, 0.25) is 5.89 Å². The van der Waals surface area contributed by atoms with Crippen LogP contribution < -0.4 is 32.9 Å². The molecule has 6 rings (SSSR count). The normalized spacial score (nSPS) is 11.1. The Bertz CT molecular complexity index is 1470. The molecular formula is C34H27BrNOP. The molecule has 0 radical (unpaired) electrons. The van der Waals surface area contributed by atoms with Gasteiger partial charge in [-0.3, -0.25) is 0 Å². The van der Waals surface area contributed by atoms with E-state index in [0.29, 0.717) is 5.89 Å². The topological polar surface area (TPSA) is 26.0 Å². The second-order valence-corrected chi connectivity index (χ2v) is 12.6. The molecule has 38 heavy (non-hydrogen) atoms. The van der Waals surface area contributed by atoms with Crippen LogP contribution in [0.25, 0.3) is 22.8 Å². The molecule has 1 heterocycles. The van der Waals surface area contributed by atoms with Crippen molar-refractivity contribution in [2.75, 3.05) is 0 Å². The molecule has 0 aliphatic rings. The predicted octanol–water partition coefficient (Wildman–Crippen LogP) is 4.51. The second kappa shape index (κ2) is 11.7. The van der Waals surface area contributed by atoms with Gasteiger partial charge in [-0.1, -0.05) is 97.1 Å². The smallest absolute Gasteiger partial charge is 0.226 e. The fourth-order valence-electron chi connectivity index (χ4n) is 4.94. The molecule has 0 unspecified atom stereocenters. The van der Waals surface area contributed by atoms with Crippen LogP contribution in [0.2, 0.25) is 0 Å². The Labute approximate surface area is 235 Å². The summed E-state index contributed by atoms with van der Waals surface area (Å²) in [5.74, 6) is 1.42. The summed E-state index contributed by atoms with van der Waals surface area (Å²) in [5, 5.41) is 4.16. The lowest BCUT2D eigenvalue weighted by Gasteiger charge is -2.28. The number of aromatic nitrogens is 1. The first kappa shape index (κ1) is 25.9. The molecule has 0 bridgehead atoms. The molecule has 0 amide bonds. The molecule has 0 spiro atoms. The van der Waals surface area contributed by atoms with E-state index in [2.05, 4.69) is 120 Å². The highest BCUT2D eigenvalue weighted by Crippen LogP contribution is 2.58. The van der Waals surface area contributed by atoms with Crippen molar-refractivity contribution in [3.8, 4) is 22.8 Å². The van der Waals surface area contributed by atoms with Gasteiger partial charge in [0.1, 0.15) is 23.2 Å². The van der Waals surface area contributed by atoms with Gasteiger partial charge in [0.15, 0.2) is 5.76 Å². The molecule has 1 aromatic heterocycles. The van der Waals surface area contributed by atoms with Crippen molar-refractivity contribution in [1.29, 1.82) is 0 Å². The monoisotopic (exact) mass is 575 g/mol. The highest BCUT2D eigenvalue weighted by atomic mass is 79.9. The summed E-state index contributed by atoms with van der Waals surface area (Å²) in [6.07, 6.45) is 2.75. The zero-order chi connectivity index (χ0) is 24.9. The maximum absolute atomic E-state index is 6.10. The van der Waals surface area contributed by atoms with Gasteiger partial charge < -0.3 is 21.4 Å². The summed E-state index contributed by atoms with van der Waals surface area (Å²) in [6, 6.07) is 51.8. The molecule has 0 atom stereocenters. The molecule has 0 fully saturated rings. The van der Waals surface area contributed by atoms with Gasteiger partial charge in [-0.05, 0) is 54.1 Å². The van der Waals surface area contributed by atoms with Gasteiger partial charge >= 0.3 is 0 Å². The van der Waals surface area contributed by atoms with E-state index in [9.17, 15) is 0 Å². The number of oxazole rings is 1. The molecule has 0 aliphatic carbocycles. The Hall–Kier alpha value is -3.78. The number of nitrogens with zero attached hydrogens (tertiary/aromatic N) is 1. The van der Waals surface area contributed by atoms with Crippen LogP contribution in [0.15, 0.2) is 156 Å². The minimum atomic E-state index is -1.93. The highest BCUT2D eigenvalue weighted by molar-refractivity contribution is 7.95. The first-order chi connectivity index (χ1) is 18.3. The molecule has 0 N–H and O–H groups in total. The second-order valence-electron chi connectivity index (χ2n) is 9.07. The summed E-state index contributed by atoms with van der Waals surface area (Å²) in [6.45, 7) is 0. The fraction of sp³-hybridized carbons (Fsp3) is 0.0294. The van der Waals surface area contributed by atoms with Crippen LogP contribution in [0.4, 0.5) is 0 Å². The number of rotatable bonds is 7. The van der Waals surface area contributed by atoms with Gasteiger partial charge in [0.25, 0.3) is 0 Å². The highest BCUT2D eigenvalue weighted by Gasteiger charge is 2.45. The van der Waals surface area contributed by atoms with Gasteiger partial charge in [-0.25, -0.2) is 4.98 Å². The van der Waals surface area contributed by atoms with Crippen molar-refractivity contribution < 1.29 is 21.4 Å². The fourth-order valence-corrected chi connectivity index (χ4v) is 9.18. The maximum atomic E-state index is 6.10. The number of halogens is 1. The molecule has 2 nitrogen and oxygen atoms in total. The van der Waals surface area contributed by atoms with E-state index < -0.39 is 7.26 Å². The Morgan fingerprint density at radius 3 is 1.42 bits per heavy atom. The van der Waals surface area contributed by atoms with Crippen molar-refractivity contribution in [3.63, 3.8) is 0 Å². The molecule has 6 aromatic rings. The Balaban J connectivity index is 0.00000294. The third kappa shape index (κ3) is 5.13. The minimum absolute atomic E-state index is 0. The SMILES string of the molecule is [Br-].c1ccc(-c2ncc(-c3ccc(C[P+](c4ccccc4)(c4ccccc4)c4ccccc4)cc3)o2)cc1. The summed E-state index contributed by atoms with van der Waals surface area (Å²) < 4.78 is 6.10. The lowest BCUT2D eigenvalue weighted by molar-refractivity contribution is -0.00000770. The molecule has 0 saturated carbocycles. The Morgan fingerprint density at radius 1 is 0.500 bits per heavy atom. The zero-order valence-corrected chi connectivity index (χ0v) is 23.3. The molecular weight excluding hydrogens is 549 g/mol. The van der Waals surface area contributed by atoms with Crippen molar-refractivity contribution in [2.24, 2.45) is 0 Å². The van der Waals surface area contributed by atoms with Gasteiger partial charge in [-0.15, -0.1) is 0 Å². The standard InChI is InChI=1S/C34H27NOP.BrH/c1-5-13-29(14-6-1)34-35-25-33(36-34)28-23-21-27(22-24-28)26-37(30-15-7-2-8-16-30,31-17-9-3-10-18-31)32-19-11-4-12-20-32;/h1-25H,26H2;1H/q+1;/p-1. The van der Waals surface area contributed by atoms with Gasteiger partial charge in [0, 0.05) is 11.1 Å². The average molecular weight is 576 g/mol. The lowest BCUT2D eigenvalue weighted by atomic mass is 10.1.